The number of ether oxygens (including phenoxy) is 1. The van der Waals surface area contributed by atoms with Gasteiger partial charge in [0.15, 0.2) is 6.61 Å². The molecule has 2 aromatic carbocycles. The number of benzene rings is 2. The van der Waals surface area contributed by atoms with Gasteiger partial charge in [0.1, 0.15) is 0 Å². The Hall–Kier alpha value is -1.84. The van der Waals surface area contributed by atoms with Gasteiger partial charge in [0.25, 0.3) is 17.7 Å². The van der Waals surface area contributed by atoms with E-state index >= 15 is 0 Å². The van der Waals surface area contributed by atoms with E-state index < -0.39 is 30.3 Å². The van der Waals surface area contributed by atoms with Crippen molar-refractivity contribution in [3.8, 4) is 0 Å². The minimum absolute atomic E-state index is 0.147. The number of carbonyl (C=O) groups excluding carboxylic acids is 4. The molecule has 0 aromatic heterocycles. The van der Waals surface area contributed by atoms with Gasteiger partial charge < -0.3 is 10.1 Å². The summed E-state index contributed by atoms with van der Waals surface area (Å²) in [6.45, 7) is 1.03. The maximum atomic E-state index is 12.6. The molecule has 12 heteroatoms. The van der Waals surface area contributed by atoms with Gasteiger partial charge in [-0.25, -0.2) is 0 Å². The SMILES string of the molecule is Cc1cc(NC(=O)COC(=O)CCN2C(=O)c3c(Cl)c(Cl)c(Cl)c(Cl)c3C2=O)ccc1Br. The molecule has 2 aromatic rings. The third kappa shape index (κ3) is 4.89. The summed E-state index contributed by atoms with van der Waals surface area (Å²) in [7, 11) is 0. The standard InChI is InChI=1S/C20H13BrCl4N2O5/c1-8-6-9(2-3-10(8)21)26-11(28)7-32-12(29)4-5-27-19(30)13-14(20(27)31)16(23)18(25)17(24)15(13)22/h2-3,6H,4-5,7H2,1H3,(H,26,28). The van der Waals surface area contributed by atoms with Crippen molar-refractivity contribution in [2.24, 2.45) is 0 Å². The van der Waals surface area contributed by atoms with Crippen molar-refractivity contribution in [3.05, 3.63) is 59.5 Å². The molecule has 1 N–H and O–H groups in total. The third-order valence-corrected chi connectivity index (χ3v) is 7.22. The smallest absolute Gasteiger partial charge is 0.308 e. The van der Waals surface area contributed by atoms with E-state index in [4.69, 9.17) is 51.1 Å². The van der Waals surface area contributed by atoms with Crippen LogP contribution in [0.5, 0.6) is 0 Å². The second-order valence-electron chi connectivity index (χ2n) is 6.69. The highest BCUT2D eigenvalue weighted by Crippen LogP contribution is 2.44. The monoisotopic (exact) mass is 580 g/mol. The Morgan fingerprint density at radius 1 is 1.00 bits per heavy atom. The van der Waals surface area contributed by atoms with Crippen molar-refractivity contribution in [3.63, 3.8) is 0 Å². The summed E-state index contributed by atoms with van der Waals surface area (Å²) in [6, 6.07) is 5.21. The number of carbonyl (C=O) groups is 4. The molecule has 3 amide bonds. The first-order valence-corrected chi connectivity index (χ1v) is 11.3. The highest BCUT2D eigenvalue weighted by molar-refractivity contribution is 9.10. The van der Waals surface area contributed by atoms with E-state index in [2.05, 4.69) is 21.2 Å². The predicted molar refractivity (Wildman–Crippen MR) is 125 cm³/mol. The number of hydrogen-bond donors (Lipinski definition) is 1. The highest BCUT2D eigenvalue weighted by Gasteiger charge is 2.41. The minimum Gasteiger partial charge on any atom is -0.456 e. The van der Waals surface area contributed by atoms with Crippen molar-refractivity contribution in [1.82, 2.24) is 4.90 Å². The van der Waals surface area contributed by atoms with Crippen molar-refractivity contribution in [2.45, 2.75) is 13.3 Å². The molecule has 0 spiro atoms. The molecule has 32 heavy (non-hydrogen) atoms. The van der Waals surface area contributed by atoms with E-state index in [-0.39, 0.29) is 44.2 Å². The number of imide groups is 1. The summed E-state index contributed by atoms with van der Waals surface area (Å²) >= 11 is 27.4. The first-order chi connectivity index (χ1) is 15.0. The van der Waals surface area contributed by atoms with Crippen LogP contribution in [-0.4, -0.2) is 41.7 Å². The van der Waals surface area contributed by atoms with E-state index in [1.807, 2.05) is 6.92 Å². The summed E-state index contributed by atoms with van der Waals surface area (Å²) in [5.41, 5.74) is 1.12. The quantitative estimate of drug-likeness (QED) is 0.209. The van der Waals surface area contributed by atoms with E-state index in [9.17, 15) is 19.2 Å². The number of aryl methyl sites for hydroxylation is 1. The number of hydrogen-bond acceptors (Lipinski definition) is 5. The Kier molecular flexibility index (Phi) is 7.73. The Morgan fingerprint density at radius 2 is 1.56 bits per heavy atom. The van der Waals surface area contributed by atoms with Crippen LogP contribution >= 0.6 is 62.3 Å². The van der Waals surface area contributed by atoms with Gasteiger partial charge in [0.2, 0.25) is 0 Å². The fourth-order valence-corrected chi connectivity index (χ4v) is 4.20. The zero-order valence-electron chi connectivity index (χ0n) is 16.2. The molecule has 0 radical (unpaired) electrons. The summed E-state index contributed by atoms with van der Waals surface area (Å²) in [6.07, 6.45) is -0.340. The molecule has 0 aliphatic carbocycles. The van der Waals surface area contributed by atoms with Crippen LogP contribution in [0, 0.1) is 6.92 Å². The Balaban J connectivity index is 1.57. The average molecular weight is 583 g/mol. The van der Waals surface area contributed by atoms with Crippen molar-refractivity contribution in [1.29, 1.82) is 0 Å². The van der Waals surface area contributed by atoms with E-state index in [0.717, 1.165) is 14.9 Å². The summed E-state index contributed by atoms with van der Waals surface area (Å²) in [4.78, 5) is 50.1. The largest absolute Gasteiger partial charge is 0.456 e. The number of nitrogens with zero attached hydrogens (tertiary/aromatic N) is 1. The molecule has 168 valence electrons. The Labute approximate surface area is 211 Å². The van der Waals surface area contributed by atoms with Crippen molar-refractivity contribution < 1.29 is 23.9 Å². The zero-order valence-corrected chi connectivity index (χ0v) is 20.8. The van der Waals surface area contributed by atoms with Crippen molar-refractivity contribution in [2.75, 3.05) is 18.5 Å². The van der Waals surface area contributed by atoms with Crippen LogP contribution in [0.25, 0.3) is 0 Å². The van der Waals surface area contributed by atoms with Gasteiger partial charge in [0.05, 0.1) is 37.6 Å². The normalized spacial score (nSPS) is 12.8. The van der Waals surface area contributed by atoms with Gasteiger partial charge in [-0.2, -0.15) is 0 Å². The molecule has 0 saturated carbocycles. The second-order valence-corrected chi connectivity index (χ2v) is 9.06. The molecule has 1 aliphatic heterocycles. The summed E-state index contributed by atoms with van der Waals surface area (Å²) in [5, 5.41) is 1.92. The molecule has 0 bridgehead atoms. The van der Waals surface area contributed by atoms with Crippen molar-refractivity contribution >= 4 is 91.7 Å². The molecule has 0 saturated heterocycles. The lowest BCUT2D eigenvalue weighted by molar-refractivity contribution is -0.147. The number of anilines is 1. The number of halogens is 5. The van der Waals surface area contributed by atoms with Crippen LogP contribution in [0.2, 0.25) is 20.1 Å². The maximum absolute atomic E-state index is 12.6. The van der Waals surface area contributed by atoms with Crippen LogP contribution in [-0.2, 0) is 14.3 Å². The van der Waals surface area contributed by atoms with Gasteiger partial charge in [0, 0.05) is 16.7 Å². The topological polar surface area (TPSA) is 92.8 Å². The lowest BCUT2D eigenvalue weighted by Gasteiger charge is -2.13. The molecule has 0 fully saturated rings. The average Bonchev–Trinajstić information content (AvgIpc) is 3.00. The molecular weight excluding hydrogens is 570 g/mol. The number of fused-ring (bicyclic) bond motifs is 1. The number of rotatable bonds is 6. The fraction of sp³-hybridized carbons (Fsp3) is 0.200. The minimum atomic E-state index is -0.781. The molecule has 0 atom stereocenters. The van der Waals surface area contributed by atoms with Crippen LogP contribution in [0.15, 0.2) is 22.7 Å². The van der Waals surface area contributed by atoms with Crippen LogP contribution in [0.1, 0.15) is 32.7 Å². The van der Waals surface area contributed by atoms with Gasteiger partial charge in [-0.05, 0) is 30.7 Å². The van der Waals surface area contributed by atoms with Gasteiger partial charge in [-0.1, -0.05) is 62.3 Å². The third-order valence-electron chi connectivity index (χ3n) is 4.53. The van der Waals surface area contributed by atoms with Crippen LogP contribution < -0.4 is 5.32 Å². The highest BCUT2D eigenvalue weighted by atomic mass is 79.9. The summed E-state index contributed by atoms with van der Waals surface area (Å²) < 4.78 is 5.81. The Bertz CT molecular complexity index is 1120. The van der Waals surface area contributed by atoms with E-state index in [1.165, 1.54) is 0 Å². The van der Waals surface area contributed by atoms with Gasteiger partial charge in [-0.3, -0.25) is 24.1 Å². The van der Waals surface area contributed by atoms with Gasteiger partial charge >= 0.3 is 5.97 Å². The van der Waals surface area contributed by atoms with Crippen LogP contribution in [0.3, 0.4) is 0 Å². The number of nitrogens with one attached hydrogen (secondary N) is 1. The molecule has 7 nitrogen and oxygen atoms in total. The Morgan fingerprint density at radius 3 is 2.09 bits per heavy atom. The molecule has 3 rings (SSSR count). The number of amides is 3. The molecular formula is C20H13BrCl4N2O5. The lowest BCUT2D eigenvalue weighted by atomic mass is 10.1. The number of esters is 1. The molecule has 1 heterocycles. The lowest BCUT2D eigenvalue weighted by Crippen LogP contribution is -2.32. The zero-order chi connectivity index (χ0) is 23.7. The van der Waals surface area contributed by atoms with Crippen LogP contribution in [0.4, 0.5) is 5.69 Å². The first kappa shape index (κ1) is 24.8. The second kappa shape index (κ2) is 9.97. The van der Waals surface area contributed by atoms with E-state index in [0.29, 0.717) is 5.69 Å². The van der Waals surface area contributed by atoms with Gasteiger partial charge in [-0.15, -0.1) is 0 Å². The van der Waals surface area contributed by atoms with E-state index in [1.54, 1.807) is 18.2 Å². The molecule has 0 unspecified atom stereocenters. The molecule has 1 aliphatic rings. The summed E-state index contributed by atoms with van der Waals surface area (Å²) in [5.74, 6) is -2.83. The maximum Gasteiger partial charge on any atom is 0.308 e. The fourth-order valence-electron chi connectivity index (χ4n) is 2.94. The predicted octanol–water partition coefficient (Wildman–Crippen LogP) is 5.54. The first-order valence-electron chi connectivity index (χ1n) is 8.96.